The first-order valence-electron chi connectivity index (χ1n) is 10.9. The van der Waals surface area contributed by atoms with Crippen LogP contribution < -0.4 is 5.32 Å². The van der Waals surface area contributed by atoms with Crippen LogP contribution in [0.1, 0.15) is 63.0 Å². The number of aryl methyl sites for hydroxylation is 1. The molecule has 3 aliphatic rings. The maximum atomic E-state index is 12.6. The molecule has 7 nitrogen and oxygen atoms in total. The van der Waals surface area contributed by atoms with E-state index in [0.717, 1.165) is 55.0 Å². The van der Waals surface area contributed by atoms with E-state index in [1.54, 1.807) is 6.07 Å². The molecule has 2 saturated carbocycles. The van der Waals surface area contributed by atoms with Gasteiger partial charge in [0.1, 0.15) is 11.8 Å². The summed E-state index contributed by atoms with van der Waals surface area (Å²) in [6.07, 6.45) is 4.89. The highest BCUT2D eigenvalue weighted by Crippen LogP contribution is 2.61. The number of carboxylic acid groups (broad SMARTS) is 1. The van der Waals surface area contributed by atoms with Gasteiger partial charge in [0.25, 0.3) is 0 Å². The van der Waals surface area contributed by atoms with Gasteiger partial charge in [-0.25, -0.2) is 4.79 Å². The minimum atomic E-state index is -1.15. The molecule has 0 heterocycles. The van der Waals surface area contributed by atoms with Crippen molar-refractivity contribution in [1.82, 2.24) is 5.32 Å². The Labute approximate surface area is 185 Å². The molecular weight excluding hydrogens is 418 g/mol. The molecule has 2 fully saturated rings. The van der Waals surface area contributed by atoms with Gasteiger partial charge in [-0.2, -0.15) is 0 Å². The summed E-state index contributed by atoms with van der Waals surface area (Å²) in [5.41, 5.74) is 1.72. The Bertz CT molecular complexity index is 946. The molecule has 4 rings (SSSR count). The first-order valence-corrected chi connectivity index (χ1v) is 11.9. The van der Waals surface area contributed by atoms with Crippen molar-refractivity contribution in [2.24, 2.45) is 17.3 Å². The Kier molecular flexibility index (Phi) is 5.70. The van der Waals surface area contributed by atoms with Gasteiger partial charge in [0.15, 0.2) is 11.5 Å². The zero-order valence-electron chi connectivity index (χ0n) is 17.8. The summed E-state index contributed by atoms with van der Waals surface area (Å²) in [6.45, 7) is 3.37. The number of thioether (sulfide) groups is 1. The normalized spacial score (nSPS) is 30.1. The third-order valence-corrected chi connectivity index (χ3v) is 8.89. The van der Waals surface area contributed by atoms with Gasteiger partial charge in [-0.15, -0.1) is 11.8 Å². The fourth-order valence-electron chi connectivity index (χ4n) is 6.19. The highest BCUT2D eigenvalue weighted by molar-refractivity contribution is 7.99. The summed E-state index contributed by atoms with van der Waals surface area (Å²) in [7, 11) is 0. The molecule has 0 spiro atoms. The van der Waals surface area contributed by atoms with Crippen LogP contribution in [0.4, 0.5) is 0 Å². The lowest BCUT2D eigenvalue weighted by molar-refractivity contribution is -0.140. The maximum Gasteiger partial charge on any atom is 0.327 e. The van der Waals surface area contributed by atoms with Gasteiger partial charge < -0.3 is 20.6 Å². The summed E-state index contributed by atoms with van der Waals surface area (Å²) in [6, 6.07) is 0.530. The molecule has 0 saturated heterocycles. The van der Waals surface area contributed by atoms with Crippen LogP contribution in [0.15, 0.2) is 11.0 Å². The summed E-state index contributed by atoms with van der Waals surface area (Å²) in [5, 5.41) is 32.9. The molecule has 1 amide bonds. The standard InChI is InChI=1S/C23H29NO6S/c1-11(25)24-16(22(29)30)10-31-21-19-12(9-17(26)20(21)28)3-4-13-14(19)7-8-23(2)15(13)5-6-18(23)27/h9,13-16,26,28H,3-8,10H2,1-2H3,(H,24,25)(H,29,30)/t13-,14+,15+,16-,23+/m1/s1. The molecule has 1 aromatic carbocycles. The van der Waals surface area contributed by atoms with E-state index in [1.165, 1.54) is 6.92 Å². The number of carbonyl (C=O) groups is 3. The third kappa shape index (κ3) is 3.69. The van der Waals surface area contributed by atoms with E-state index in [4.69, 9.17) is 0 Å². The Hall–Kier alpha value is -2.22. The number of fused-ring (bicyclic) bond motifs is 5. The van der Waals surface area contributed by atoms with E-state index in [-0.39, 0.29) is 28.6 Å². The number of aromatic hydroxyl groups is 2. The molecule has 0 bridgehead atoms. The van der Waals surface area contributed by atoms with Crippen molar-refractivity contribution in [3.63, 3.8) is 0 Å². The number of hydrogen-bond acceptors (Lipinski definition) is 6. The summed E-state index contributed by atoms with van der Waals surface area (Å²) >= 11 is 1.16. The van der Waals surface area contributed by atoms with E-state index < -0.39 is 17.9 Å². The summed E-state index contributed by atoms with van der Waals surface area (Å²) in [5.74, 6) is -0.779. The Morgan fingerprint density at radius 1 is 1.26 bits per heavy atom. The Morgan fingerprint density at radius 3 is 2.68 bits per heavy atom. The Morgan fingerprint density at radius 2 is 2.00 bits per heavy atom. The Balaban J connectivity index is 1.68. The predicted molar refractivity (Wildman–Crippen MR) is 115 cm³/mol. The van der Waals surface area contributed by atoms with Gasteiger partial charge in [-0.1, -0.05) is 6.92 Å². The molecule has 0 unspecified atom stereocenters. The number of phenols is 2. The van der Waals surface area contributed by atoms with Crippen LogP contribution in [0, 0.1) is 17.3 Å². The molecule has 8 heteroatoms. The minimum Gasteiger partial charge on any atom is -0.504 e. The number of amides is 1. The number of benzene rings is 1. The molecule has 168 valence electrons. The fraction of sp³-hybridized carbons (Fsp3) is 0.609. The van der Waals surface area contributed by atoms with Crippen molar-refractivity contribution >= 4 is 29.4 Å². The number of Topliss-reactive ketones (excluding diaryl/α,β-unsaturated/α-hetero) is 1. The zero-order chi connectivity index (χ0) is 22.5. The predicted octanol–water partition coefficient (Wildman–Crippen LogP) is 3.20. The number of phenolic OH excluding ortho intramolecular Hbond substituents is 2. The average Bonchev–Trinajstić information content (AvgIpc) is 3.01. The number of rotatable bonds is 5. The first kappa shape index (κ1) is 22.0. The number of aliphatic carboxylic acids is 1. The van der Waals surface area contributed by atoms with Crippen molar-refractivity contribution in [2.75, 3.05) is 5.75 Å². The highest BCUT2D eigenvalue weighted by atomic mass is 32.2. The van der Waals surface area contributed by atoms with Gasteiger partial charge in [0.2, 0.25) is 5.91 Å². The van der Waals surface area contributed by atoms with Crippen LogP contribution >= 0.6 is 11.8 Å². The largest absolute Gasteiger partial charge is 0.504 e. The van der Waals surface area contributed by atoms with Crippen LogP contribution in [0.5, 0.6) is 11.5 Å². The smallest absolute Gasteiger partial charge is 0.327 e. The average molecular weight is 448 g/mol. The van der Waals surface area contributed by atoms with E-state index in [2.05, 4.69) is 12.2 Å². The minimum absolute atomic E-state index is 0.0371. The van der Waals surface area contributed by atoms with E-state index in [0.29, 0.717) is 28.9 Å². The number of carboxylic acids is 1. The van der Waals surface area contributed by atoms with Crippen LogP contribution in [-0.2, 0) is 20.8 Å². The molecule has 3 aliphatic carbocycles. The molecule has 5 atom stereocenters. The number of hydrogen-bond donors (Lipinski definition) is 4. The monoisotopic (exact) mass is 447 g/mol. The van der Waals surface area contributed by atoms with E-state index in [9.17, 15) is 29.7 Å². The lowest BCUT2D eigenvalue weighted by atomic mass is 9.55. The number of carbonyl (C=O) groups excluding carboxylic acids is 2. The molecule has 0 aliphatic heterocycles. The van der Waals surface area contributed by atoms with Crippen molar-refractivity contribution in [2.45, 2.75) is 69.2 Å². The lowest BCUT2D eigenvalue weighted by Gasteiger charge is -2.48. The number of nitrogens with one attached hydrogen (secondary N) is 1. The number of ketones is 1. The van der Waals surface area contributed by atoms with Crippen molar-refractivity contribution in [1.29, 1.82) is 0 Å². The van der Waals surface area contributed by atoms with Crippen molar-refractivity contribution < 1.29 is 29.7 Å². The highest BCUT2D eigenvalue weighted by Gasteiger charge is 2.55. The lowest BCUT2D eigenvalue weighted by Crippen LogP contribution is -2.43. The van der Waals surface area contributed by atoms with E-state index in [1.807, 2.05) is 0 Å². The molecular formula is C23H29NO6S. The van der Waals surface area contributed by atoms with Gasteiger partial charge in [-0.05, 0) is 67.1 Å². The second-order valence-electron chi connectivity index (χ2n) is 9.38. The van der Waals surface area contributed by atoms with Crippen LogP contribution in [0.3, 0.4) is 0 Å². The van der Waals surface area contributed by atoms with E-state index >= 15 is 0 Å². The van der Waals surface area contributed by atoms with Crippen molar-refractivity contribution in [3.05, 3.63) is 17.2 Å². The quantitative estimate of drug-likeness (QED) is 0.404. The van der Waals surface area contributed by atoms with Gasteiger partial charge in [-0.3, -0.25) is 9.59 Å². The topological polar surface area (TPSA) is 124 Å². The summed E-state index contributed by atoms with van der Waals surface area (Å²) in [4.78, 5) is 36.0. The second-order valence-corrected chi connectivity index (χ2v) is 10.4. The van der Waals surface area contributed by atoms with Gasteiger partial charge >= 0.3 is 5.97 Å². The van der Waals surface area contributed by atoms with Crippen molar-refractivity contribution in [3.8, 4) is 11.5 Å². The zero-order valence-corrected chi connectivity index (χ0v) is 18.6. The SMILES string of the molecule is CC(=O)N[C@H](CSc1c(O)c(O)cc2c1[C@H]1CC[C@]3(C)C(=O)CC[C@H]3[C@@H]1CC2)C(=O)O. The summed E-state index contributed by atoms with van der Waals surface area (Å²) < 4.78 is 0. The molecule has 4 N–H and O–H groups in total. The van der Waals surface area contributed by atoms with Crippen LogP contribution in [0.25, 0.3) is 0 Å². The third-order valence-electron chi connectivity index (χ3n) is 7.69. The van der Waals surface area contributed by atoms with Gasteiger partial charge in [0, 0.05) is 24.5 Å². The second kappa shape index (κ2) is 8.04. The molecule has 0 aromatic heterocycles. The maximum absolute atomic E-state index is 12.6. The van der Waals surface area contributed by atoms with Gasteiger partial charge in [0.05, 0.1) is 4.90 Å². The van der Waals surface area contributed by atoms with Crippen LogP contribution in [0.2, 0.25) is 0 Å². The first-order chi connectivity index (χ1) is 14.6. The molecule has 1 aromatic rings. The van der Waals surface area contributed by atoms with Crippen LogP contribution in [-0.4, -0.2) is 44.8 Å². The molecule has 31 heavy (non-hydrogen) atoms. The molecule has 0 radical (unpaired) electrons. The fourth-order valence-corrected chi connectivity index (χ4v) is 7.43.